The Balaban J connectivity index is 1.70. The Morgan fingerprint density at radius 2 is 2.06 bits per heavy atom. The molecular weight excluding hydrogens is 280 g/mol. The number of fused-ring (bicyclic) bond motifs is 2. The van der Waals surface area contributed by atoms with Crippen molar-refractivity contribution >= 4 is 21.8 Å². The summed E-state index contributed by atoms with van der Waals surface area (Å²) < 4.78 is 1.08. The average Bonchev–Trinajstić information content (AvgIpc) is 2.33. The van der Waals surface area contributed by atoms with Crippen LogP contribution in [0.1, 0.15) is 12.0 Å². The van der Waals surface area contributed by atoms with E-state index in [4.69, 9.17) is 0 Å². The highest BCUT2D eigenvalue weighted by Gasteiger charge is 2.47. The number of halogens is 1. The van der Waals surface area contributed by atoms with Crippen molar-refractivity contribution in [1.29, 1.82) is 0 Å². The van der Waals surface area contributed by atoms with Crippen molar-refractivity contribution < 1.29 is 4.79 Å². The molecule has 3 nitrogen and oxygen atoms in total. The predicted molar refractivity (Wildman–Crippen MR) is 69.5 cm³/mol. The van der Waals surface area contributed by atoms with Crippen LogP contribution in [0.15, 0.2) is 28.7 Å². The summed E-state index contributed by atoms with van der Waals surface area (Å²) in [5, 5.41) is 0. The fourth-order valence-electron chi connectivity index (χ4n) is 2.69. The summed E-state index contributed by atoms with van der Waals surface area (Å²) in [4.78, 5) is 16.3. The highest BCUT2D eigenvalue weighted by atomic mass is 79.9. The molecule has 17 heavy (non-hydrogen) atoms. The second-order valence-corrected chi connectivity index (χ2v) is 5.83. The van der Waals surface area contributed by atoms with E-state index in [9.17, 15) is 4.79 Å². The third-order valence-corrected chi connectivity index (χ3v) is 4.41. The smallest absolute Gasteiger partial charge is 0.240 e. The fourth-order valence-corrected chi connectivity index (χ4v) is 2.96. The molecule has 0 spiro atoms. The predicted octanol–water partition coefficient (Wildman–Crippen LogP) is 1.86. The van der Waals surface area contributed by atoms with Crippen molar-refractivity contribution in [1.82, 2.24) is 9.80 Å². The molecule has 3 fully saturated rings. The van der Waals surface area contributed by atoms with Crippen LogP contribution >= 0.6 is 15.9 Å². The number of carbonyl (C=O) groups excluding carboxylic acids is 1. The Labute approximate surface area is 110 Å². The number of amides is 1. The first kappa shape index (κ1) is 11.2. The largest absolute Gasteiger partial charge is 0.335 e. The molecule has 1 aromatic carbocycles. The molecule has 3 heterocycles. The van der Waals surface area contributed by atoms with Crippen LogP contribution in [0.25, 0.3) is 0 Å². The maximum Gasteiger partial charge on any atom is 0.240 e. The highest BCUT2D eigenvalue weighted by Crippen LogP contribution is 2.32. The number of piperazine rings is 1. The highest BCUT2D eigenvalue weighted by molar-refractivity contribution is 9.10. The van der Waals surface area contributed by atoms with Gasteiger partial charge in [0.25, 0.3) is 0 Å². The normalized spacial score (nSPS) is 28.1. The van der Waals surface area contributed by atoms with E-state index in [1.54, 1.807) is 0 Å². The number of rotatable bonds is 2. The van der Waals surface area contributed by atoms with Gasteiger partial charge in [0.2, 0.25) is 5.91 Å². The lowest BCUT2D eigenvalue weighted by atomic mass is 9.87. The van der Waals surface area contributed by atoms with E-state index in [1.165, 1.54) is 5.56 Å². The summed E-state index contributed by atoms with van der Waals surface area (Å²) >= 11 is 3.42. The molecule has 4 rings (SSSR count). The SMILES string of the molecule is CN1C2CC1C(=O)N(Cc1ccc(Br)cc1)C2. The number of likely N-dealkylation sites (N-methyl/N-ethyl adjacent to an activating group) is 1. The quantitative estimate of drug-likeness (QED) is 0.831. The molecule has 3 saturated heterocycles. The van der Waals surface area contributed by atoms with Gasteiger partial charge in [-0.05, 0) is 31.2 Å². The number of nitrogens with zero attached hydrogens (tertiary/aromatic N) is 2. The molecule has 2 unspecified atom stereocenters. The van der Waals surface area contributed by atoms with Gasteiger partial charge in [0.15, 0.2) is 0 Å². The van der Waals surface area contributed by atoms with Crippen LogP contribution in [-0.4, -0.2) is 41.4 Å². The summed E-state index contributed by atoms with van der Waals surface area (Å²) in [5.41, 5.74) is 1.20. The summed E-state index contributed by atoms with van der Waals surface area (Å²) in [6.45, 7) is 1.62. The third-order valence-electron chi connectivity index (χ3n) is 3.88. The van der Waals surface area contributed by atoms with Crippen molar-refractivity contribution in [3.05, 3.63) is 34.3 Å². The van der Waals surface area contributed by atoms with Crippen LogP contribution in [0.4, 0.5) is 0 Å². The molecule has 3 aliphatic rings. The minimum atomic E-state index is 0.143. The van der Waals surface area contributed by atoms with Gasteiger partial charge in [-0.2, -0.15) is 0 Å². The molecule has 2 bridgehead atoms. The van der Waals surface area contributed by atoms with Crippen molar-refractivity contribution in [3.8, 4) is 0 Å². The monoisotopic (exact) mass is 294 g/mol. The van der Waals surface area contributed by atoms with Crippen LogP contribution in [0.2, 0.25) is 0 Å². The lowest BCUT2D eigenvalue weighted by molar-refractivity contribution is -0.157. The van der Waals surface area contributed by atoms with E-state index in [1.807, 2.05) is 24.1 Å². The molecule has 1 aromatic rings. The number of hydrogen-bond donors (Lipinski definition) is 0. The number of piperidine rings is 1. The zero-order chi connectivity index (χ0) is 12.0. The minimum absolute atomic E-state index is 0.143. The Bertz CT molecular complexity index is 445. The summed E-state index contributed by atoms with van der Waals surface area (Å²) in [6, 6.07) is 8.91. The zero-order valence-corrected chi connectivity index (χ0v) is 11.4. The van der Waals surface area contributed by atoms with Crippen LogP contribution in [0.5, 0.6) is 0 Å². The zero-order valence-electron chi connectivity index (χ0n) is 9.77. The lowest BCUT2D eigenvalue weighted by Gasteiger charge is -2.53. The van der Waals surface area contributed by atoms with E-state index in [0.717, 1.165) is 24.0 Å². The van der Waals surface area contributed by atoms with E-state index in [-0.39, 0.29) is 11.9 Å². The molecule has 0 N–H and O–H groups in total. The van der Waals surface area contributed by atoms with Gasteiger partial charge >= 0.3 is 0 Å². The van der Waals surface area contributed by atoms with E-state index in [0.29, 0.717) is 6.04 Å². The second-order valence-electron chi connectivity index (χ2n) is 4.92. The first-order valence-electron chi connectivity index (χ1n) is 5.90. The minimum Gasteiger partial charge on any atom is -0.335 e. The maximum atomic E-state index is 12.1. The number of hydrogen-bond acceptors (Lipinski definition) is 2. The molecule has 4 heteroatoms. The summed E-state index contributed by atoms with van der Waals surface area (Å²) in [6.07, 6.45) is 1.05. The Morgan fingerprint density at radius 3 is 2.65 bits per heavy atom. The van der Waals surface area contributed by atoms with Crippen LogP contribution in [0, 0.1) is 0 Å². The van der Waals surface area contributed by atoms with Crippen LogP contribution in [0.3, 0.4) is 0 Å². The molecule has 0 saturated carbocycles. The molecule has 90 valence electrons. The first-order valence-corrected chi connectivity index (χ1v) is 6.69. The topological polar surface area (TPSA) is 23.6 Å². The standard InChI is InChI=1S/C13H15BrN2O/c1-15-11-6-12(15)13(17)16(8-11)7-9-2-4-10(14)5-3-9/h2-5,11-12H,6-8H2,1H3. The van der Waals surface area contributed by atoms with E-state index in [2.05, 4.69) is 33.0 Å². The van der Waals surface area contributed by atoms with Gasteiger partial charge in [0.05, 0.1) is 6.04 Å². The molecule has 0 radical (unpaired) electrons. The van der Waals surface area contributed by atoms with Gasteiger partial charge in [-0.25, -0.2) is 0 Å². The Morgan fingerprint density at radius 1 is 1.35 bits per heavy atom. The molecule has 0 aliphatic carbocycles. The molecule has 3 aliphatic heterocycles. The van der Waals surface area contributed by atoms with Crippen molar-refractivity contribution in [3.63, 3.8) is 0 Å². The van der Waals surface area contributed by atoms with Gasteiger partial charge in [-0.15, -0.1) is 0 Å². The Hall–Kier alpha value is -0.870. The molecule has 2 atom stereocenters. The van der Waals surface area contributed by atoms with Crippen molar-refractivity contribution in [2.75, 3.05) is 13.6 Å². The number of benzene rings is 1. The maximum absolute atomic E-state index is 12.1. The molecular formula is C13H15BrN2O. The Kier molecular flexibility index (Phi) is 2.71. The van der Waals surface area contributed by atoms with Crippen molar-refractivity contribution in [2.45, 2.75) is 25.0 Å². The van der Waals surface area contributed by atoms with Crippen LogP contribution in [-0.2, 0) is 11.3 Å². The van der Waals surface area contributed by atoms with E-state index < -0.39 is 0 Å². The summed E-state index contributed by atoms with van der Waals surface area (Å²) in [5.74, 6) is 0.290. The van der Waals surface area contributed by atoms with E-state index >= 15 is 0 Å². The lowest BCUT2D eigenvalue weighted by Crippen LogP contribution is -2.69. The van der Waals surface area contributed by atoms with Gasteiger partial charge in [-0.1, -0.05) is 28.1 Å². The van der Waals surface area contributed by atoms with Crippen LogP contribution < -0.4 is 0 Å². The number of carbonyl (C=O) groups is 1. The third kappa shape index (κ3) is 1.89. The second kappa shape index (κ2) is 4.10. The molecule has 0 aromatic heterocycles. The average molecular weight is 295 g/mol. The fraction of sp³-hybridized carbons (Fsp3) is 0.462. The molecule has 1 amide bonds. The van der Waals surface area contributed by atoms with Crippen molar-refractivity contribution in [2.24, 2.45) is 0 Å². The van der Waals surface area contributed by atoms with Gasteiger partial charge < -0.3 is 4.90 Å². The van der Waals surface area contributed by atoms with Gasteiger partial charge in [0, 0.05) is 23.6 Å². The first-order chi connectivity index (χ1) is 8.15. The summed E-state index contributed by atoms with van der Waals surface area (Å²) in [7, 11) is 2.05. The van der Waals surface area contributed by atoms with Gasteiger partial charge in [0.1, 0.15) is 0 Å². The van der Waals surface area contributed by atoms with Gasteiger partial charge in [-0.3, -0.25) is 9.69 Å².